The van der Waals surface area contributed by atoms with Crippen molar-refractivity contribution in [3.05, 3.63) is 71.8 Å². The molecule has 186 valence electrons. The molecule has 0 radical (unpaired) electrons. The Morgan fingerprint density at radius 2 is 1.54 bits per heavy atom. The molecular weight excluding hydrogens is 451 g/mol. The summed E-state index contributed by atoms with van der Waals surface area (Å²) in [5, 5.41) is 29.3. The number of hydrogen-bond donors (Lipinski definition) is 4. The number of rotatable bonds is 11. The van der Waals surface area contributed by atoms with Gasteiger partial charge < -0.3 is 25.6 Å². The summed E-state index contributed by atoms with van der Waals surface area (Å²) in [4.78, 5) is 23.6. The molecule has 35 heavy (non-hydrogen) atoms. The molecule has 3 rings (SSSR count). The predicted octanol–water partition coefficient (Wildman–Crippen LogP) is 4.16. The van der Waals surface area contributed by atoms with Gasteiger partial charge in [0, 0.05) is 22.9 Å². The maximum Gasteiger partial charge on any atom is 0.305 e. The second-order valence-corrected chi connectivity index (χ2v) is 8.93. The second kappa shape index (κ2) is 11.3. The summed E-state index contributed by atoms with van der Waals surface area (Å²) in [6.07, 6.45) is -2.14. The van der Waals surface area contributed by atoms with E-state index in [0.717, 1.165) is 16.8 Å². The van der Waals surface area contributed by atoms with E-state index in [2.05, 4.69) is 0 Å². The Hall–Kier alpha value is -3.49. The monoisotopic (exact) mass is 482 g/mol. The number of hydrogen-bond acceptors (Lipinski definition) is 4. The Bertz CT molecular complexity index is 1170. The van der Waals surface area contributed by atoms with E-state index in [9.17, 15) is 24.2 Å². The van der Waals surface area contributed by atoms with E-state index < -0.39 is 36.3 Å². The van der Waals surface area contributed by atoms with Gasteiger partial charge >= 0.3 is 5.97 Å². The SMILES string of the molecule is CC(C)n1c(CC[C@@H](O)C[C@@H](O)CC(=O)O)c(-c2ccc(F)cc2)c(-c2ccccc2)c1C(N)=O. The molecule has 0 bridgehead atoms. The number of carbonyl (C=O) groups excluding carboxylic acids is 1. The lowest BCUT2D eigenvalue weighted by atomic mass is 9.93. The topological polar surface area (TPSA) is 126 Å². The fourth-order valence-corrected chi connectivity index (χ4v) is 4.53. The highest BCUT2D eigenvalue weighted by atomic mass is 19.1. The molecule has 1 aromatic heterocycles. The van der Waals surface area contributed by atoms with E-state index in [-0.39, 0.29) is 18.9 Å². The number of nitrogens with zero attached hydrogens (tertiary/aromatic N) is 1. The number of nitrogens with two attached hydrogens (primary N) is 1. The van der Waals surface area contributed by atoms with E-state index in [1.807, 2.05) is 48.7 Å². The molecule has 0 spiro atoms. The summed E-state index contributed by atoms with van der Waals surface area (Å²) < 4.78 is 15.6. The van der Waals surface area contributed by atoms with Crippen LogP contribution in [0.5, 0.6) is 0 Å². The van der Waals surface area contributed by atoms with Crippen LogP contribution in [0.2, 0.25) is 0 Å². The van der Waals surface area contributed by atoms with Crippen molar-refractivity contribution in [3.8, 4) is 22.3 Å². The van der Waals surface area contributed by atoms with Crippen LogP contribution in [0.25, 0.3) is 22.3 Å². The van der Waals surface area contributed by atoms with Crippen LogP contribution in [0, 0.1) is 5.82 Å². The van der Waals surface area contributed by atoms with E-state index in [0.29, 0.717) is 23.2 Å². The van der Waals surface area contributed by atoms with Crippen LogP contribution in [0.1, 0.15) is 55.3 Å². The molecule has 8 heteroatoms. The average molecular weight is 483 g/mol. The van der Waals surface area contributed by atoms with Crippen molar-refractivity contribution >= 4 is 11.9 Å². The number of benzene rings is 2. The van der Waals surface area contributed by atoms with Crippen molar-refractivity contribution in [2.45, 2.75) is 57.8 Å². The molecule has 0 saturated heterocycles. The van der Waals surface area contributed by atoms with Gasteiger partial charge in [0.2, 0.25) is 0 Å². The van der Waals surface area contributed by atoms with Crippen LogP contribution in [0.4, 0.5) is 4.39 Å². The lowest BCUT2D eigenvalue weighted by Crippen LogP contribution is -2.22. The van der Waals surface area contributed by atoms with Crippen LogP contribution in [-0.4, -0.2) is 44.0 Å². The first kappa shape index (κ1) is 26.1. The Morgan fingerprint density at radius 3 is 2.09 bits per heavy atom. The van der Waals surface area contributed by atoms with Gasteiger partial charge in [-0.15, -0.1) is 0 Å². The number of aliphatic carboxylic acids is 1. The maximum absolute atomic E-state index is 13.8. The third kappa shape index (κ3) is 6.15. The zero-order valence-corrected chi connectivity index (χ0v) is 19.8. The Morgan fingerprint density at radius 1 is 0.943 bits per heavy atom. The number of halogens is 1. The highest BCUT2D eigenvalue weighted by Gasteiger charge is 2.29. The first-order valence-electron chi connectivity index (χ1n) is 11.6. The third-order valence-electron chi connectivity index (χ3n) is 5.92. The van der Waals surface area contributed by atoms with Crippen molar-refractivity contribution in [2.24, 2.45) is 5.73 Å². The minimum absolute atomic E-state index is 0.0885. The largest absolute Gasteiger partial charge is 0.481 e. The molecule has 0 aliphatic carbocycles. The number of aliphatic hydroxyl groups excluding tert-OH is 2. The van der Waals surface area contributed by atoms with Crippen molar-refractivity contribution in [1.29, 1.82) is 0 Å². The predicted molar refractivity (Wildman–Crippen MR) is 131 cm³/mol. The quantitative estimate of drug-likeness (QED) is 0.327. The molecule has 1 amide bonds. The lowest BCUT2D eigenvalue weighted by Gasteiger charge is -2.19. The van der Waals surface area contributed by atoms with Gasteiger partial charge in [-0.1, -0.05) is 42.5 Å². The van der Waals surface area contributed by atoms with E-state index in [4.69, 9.17) is 10.8 Å². The van der Waals surface area contributed by atoms with Crippen LogP contribution in [-0.2, 0) is 11.2 Å². The normalized spacial score (nSPS) is 13.1. The van der Waals surface area contributed by atoms with Gasteiger partial charge in [-0.25, -0.2) is 4.39 Å². The first-order chi connectivity index (χ1) is 16.6. The van der Waals surface area contributed by atoms with Crippen LogP contribution >= 0.6 is 0 Å². The minimum atomic E-state index is -1.17. The highest BCUT2D eigenvalue weighted by Crippen LogP contribution is 2.42. The zero-order chi connectivity index (χ0) is 25.7. The van der Waals surface area contributed by atoms with Gasteiger partial charge in [-0.2, -0.15) is 0 Å². The third-order valence-corrected chi connectivity index (χ3v) is 5.92. The molecule has 2 aromatic carbocycles. The Labute approximate surface area is 203 Å². The molecule has 0 unspecified atom stereocenters. The minimum Gasteiger partial charge on any atom is -0.481 e. The fourth-order valence-electron chi connectivity index (χ4n) is 4.53. The molecule has 0 aliphatic heterocycles. The number of amides is 1. The van der Waals surface area contributed by atoms with Gasteiger partial charge in [-0.3, -0.25) is 9.59 Å². The van der Waals surface area contributed by atoms with Crippen molar-refractivity contribution < 1.29 is 29.3 Å². The van der Waals surface area contributed by atoms with Crippen LogP contribution < -0.4 is 5.73 Å². The maximum atomic E-state index is 13.8. The van der Waals surface area contributed by atoms with Gasteiger partial charge in [0.1, 0.15) is 11.5 Å². The summed E-state index contributed by atoms with van der Waals surface area (Å²) in [5.74, 6) is -2.14. The van der Waals surface area contributed by atoms with E-state index >= 15 is 0 Å². The Balaban J connectivity index is 2.16. The molecule has 1 heterocycles. The van der Waals surface area contributed by atoms with Crippen molar-refractivity contribution in [2.75, 3.05) is 0 Å². The van der Waals surface area contributed by atoms with Crippen molar-refractivity contribution in [1.82, 2.24) is 4.57 Å². The van der Waals surface area contributed by atoms with Gasteiger partial charge in [0.05, 0.1) is 18.6 Å². The second-order valence-electron chi connectivity index (χ2n) is 8.93. The summed E-state index contributed by atoms with van der Waals surface area (Å²) in [5.41, 5.74) is 9.77. The standard InChI is InChI=1S/C27H31FN2O5/c1-16(2)30-22(13-12-20(31)14-21(32)15-23(33)34)24(18-8-10-19(28)11-9-18)25(26(30)27(29)35)17-6-4-3-5-7-17/h3-11,16,20-21,31-32H,12-15H2,1-2H3,(H2,29,35)(H,33,34)/t20-,21-/m1/s1. The van der Waals surface area contributed by atoms with Gasteiger partial charge in [0.25, 0.3) is 5.91 Å². The number of aliphatic hydroxyl groups is 2. The number of primary amides is 1. The zero-order valence-electron chi connectivity index (χ0n) is 19.8. The molecular formula is C27H31FN2O5. The summed E-state index contributed by atoms with van der Waals surface area (Å²) >= 11 is 0. The molecule has 7 nitrogen and oxygen atoms in total. The smallest absolute Gasteiger partial charge is 0.305 e. The molecule has 5 N–H and O–H groups in total. The lowest BCUT2D eigenvalue weighted by molar-refractivity contribution is -0.139. The van der Waals surface area contributed by atoms with E-state index in [1.165, 1.54) is 12.1 Å². The first-order valence-corrected chi connectivity index (χ1v) is 11.6. The summed E-state index contributed by atoms with van der Waals surface area (Å²) in [6.45, 7) is 3.85. The van der Waals surface area contributed by atoms with Crippen LogP contribution in [0.3, 0.4) is 0 Å². The molecule has 0 saturated carbocycles. The summed E-state index contributed by atoms with van der Waals surface area (Å²) in [7, 11) is 0. The number of carbonyl (C=O) groups is 2. The number of aromatic nitrogens is 1. The fraction of sp³-hybridized carbons (Fsp3) is 0.333. The Kier molecular flexibility index (Phi) is 8.43. The van der Waals surface area contributed by atoms with Gasteiger partial charge in [-0.05, 0) is 56.4 Å². The number of carboxylic acid groups (broad SMARTS) is 1. The molecule has 3 aromatic rings. The van der Waals surface area contributed by atoms with Crippen LogP contribution in [0.15, 0.2) is 54.6 Å². The van der Waals surface area contributed by atoms with Gasteiger partial charge in [0.15, 0.2) is 0 Å². The molecule has 2 atom stereocenters. The summed E-state index contributed by atoms with van der Waals surface area (Å²) in [6, 6.07) is 15.2. The number of carboxylic acids is 1. The van der Waals surface area contributed by atoms with Crippen molar-refractivity contribution in [3.63, 3.8) is 0 Å². The molecule has 0 fully saturated rings. The van der Waals surface area contributed by atoms with E-state index in [1.54, 1.807) is 12.1 Å². The average Bonchev–Trinajstić information content (AvgIpc) is 3.14. The molecule has 0 aliphatic rings. The highest BCUT2D eigenvalue weighted by molar-refractivity contribution is 6.04.